The number of nitrogens with one attached hydrogen (secondary N) is 3. The topological polar surface area (TPSA) is 222 Å². The van der Waals surface area contributed by atoms with Crippen molar-refractivity contribution >= 4 is 52.7 Å². The molecule has 6 amide bonds. The summed E-state index contributed by atoms with van der Waals surface area (Å²) >= 11 is 0. The van der Waals surface area contributed by atoms with Gasteiger partial charge in [0, 0.05) is 56.3 Å². The number of primary amides is 1. The predicted molar refractivity (Wildman–Crippen MR) is 248 cm³/mol. The second kappa shape index (κ2) is 19.1. The number of nitrogens with zero attached hydrogens (tertiary/aromatic N) is 4. The number of aliphatic imine (C=N–C) groups is 1. The molecule has 4 aliphatic heterocycles. The van der Waals surface area contributed by atoms with Crippen molar-refractivity contribution in [3.05, 3.63) is 95.1 Å². The molecule has 3 aromatic rings. The molecule has 9 rings (SSSR count). The number of carbonyl (C=O) groups is 6. The Hall–Kier alpha value is -6.55. The van der Waals surface area contributed by atoms with Crippen LogP contribution < -0.4 is 32.2 Å². The highest BCUT2D eigenvalue weighted by molar-refractivity contribution is 6.25. The predicted octanol–water partition coefficient (Wildman–Crippen LogP) is 4.42. The molecular weight excluding hydrogens is 839 g/mol. The van der Waals surface area contributed by atoms with E-state index in [0.29, 0.717) is 54.5 Å². The van der Waals surface area contributed by atoms with Gasteiger partial charge in [0.15, 0.2) is 0 Å². The van der Waals surface area contributed by atoms with Crippen LogP contribution in [0.5, 0.6) is 11.5 Å². The van der Waals surface area contributed by atoms with Crippen LogP contribution in [-0.2, 0) is 19.2 Å². The van der Waals surface area contributed by atoms with Gasteiger partial charge >= 0.3 is 0 Å². The molecule has 2 aliphatic carbocycles. The highest BCUT2D eigenvalue weighted by atomic mass is 16.5. The molecule has 0 spiro atoms. The highest BCUT2D eigenvalue weighted by Gasteiger charge is 2.45. The van der Waals surface area contributed by atoms with Gasteiger partial charge in [0.2, 0.25) is 17.7 Å². The lowest BCUT2D eigenvalue weighted by Gasteiger charge is -2.45. The molecule has 3 aromatic carbocycles. The Kier molecular flexibility index (Phi) is 12.9. The SMILES string of the molecule is CN(CC1CCC(Nc2ccc3c(c2)C(=O)N(C2CCC(=O)NC2=O)C3=O)CC1)C1CC(C(=O)N2CCC([C@@H]3CCNC(C(C(N)=O)=C(N)c4ccc(Oc5ccccc5)cc4)=N3)CC2)C1. The fourth-order valence-corrected chi connectivity index (χ4v) is 10.7. The van der Waals surface area contributed by atoms with Crippen molar-refractivity contribution in [3.8, 4) is 11.5 Å². The van der Waals surface area contributed by atoms with Gasteiger partial charge in [-0.3, -0.25) is 44.0 Å². The minimum absolute atomic E-state index is 0.00790. The van der Waals surface area contributed by atoms with Gasteiger partial charge in [-0.2, -0.15) is 0 Å². The number of imide groups is 2. The van der Waals surface area contributed by atoms with E-state index < -0.39 is 35.6 Å². The molecule has 16 nitrogen and oxygen atoms in total. The van der Waals surface area contributed by atoms with Crippen molar-refractivity contribution in [2.24, 2.45) is 34.2 Å². The number of carbonyl (C=O) groups excluding carboxylic acids is 6. The normalized spacial score (nSPS) is 26.1. The number of amidine groups is 1. The molecule has 16 heteroatoms. The number of piperidine rings is 2. The Morgan fingerprint density at radius 2 is 1.53 bits per heavy atom. The van der Waals surface area contributed by atoms with Crippen molar-refractivity contribution in [3.63, 3.8) is 0 Å². The molecule has 2 saturated heterocycles. The van der Waals surface area contributed by atoms with Gasteiger partial charge in [-0.05, 0) is 143 Å². The van der Waals surface area contributed by atoms with Gasteiger partial charge in [-0.15, -0.1) is 0 Å². The maximum atomic E-state index is 13.7. The molecule has 4 fully saturated rings. The summed E-state index contributed by atoms with van der Waals surface area (Å²) in [4.78, 5) is 87.4. The molecule has 0 bridgehead atoms. The van der Waals surface area contributed by atoms with Crippen LogP contribution in [0, 0.1) is 17.8 Å². The summed E-state index contributed by atoms with van der Waals surface area (Å²) in [6.07, 6.45) is 8.57. The minimum atomic E-state index is -0.985. The zero-order valence-electron chi connectivity index (χ0n) is 37.4. The van der Waals surface area contributed by atoms with Crippen molar-refractivity contribution in [2.45, 2.75) is 94.8 Å². The summed E-state index contributed by atoms with van der Waals surface area (Å²) in [7, 11) is 2.18. The maximum Gasteiger partial charge on any atom is 0.262 e. The van der Waals surface area contributed by atoms with E-state index in [0.717, 1.165) is 74.9 Å². The van der Waals surface area contributed by atoms with E-state index >= 15 is 0 Å². The number of hydrogen-bond acceptors (Lipinski definition) is 12. The van der Waals surface area contributed by atoms with Crippen molar-refractivity contribution in [1.29, 1.82) is 0 Å². The summed E-state index contributed by atoms with van der Waals surface area (Å²) < 4.78 is 5.91. The first kappa shape index (κ1) is 44.6. The molecule has 66 heavy (non-hydrogen) atoms. The third kappa shape index (κ3) is 9.41. The number of amides is 6. The zero-order chi connectivity index (χ0) is 46.1. The van der Waals surface area contributed by atoms with Gasteiger partial charge in [0.1, 0.15) is 28.9 Å². The molecule has 4 heterocycles. The lowest BCUT2D eigenvalue weighted by Crippen LogP contribution is -2.54. The average Bonchev–Trinajstić information content (AvgIpc) is 3.54. The molecule has 0 radical (unpaired) electrons. The third-order valence-electron chi connectivity index (χ3n) is 14.6. The standard InChI is InChI=1S/C50H59N9O7/c1-57(28-29-7-11-33(12-8-29)54-34-13-16-38-39(27-34)50(65)59(49(38)64)41-17-18-42(60)56-47(41)62)35-25-32(26-35)48(63)58-23-20-30(21-24-58)40-19-22-53-46(55-40)43(45(52)61)44(51)31-9-14-37(15-10-31)66-36-5-3-2-4-6-36/h2-6,9-10,13-16,27,29-30,32-33,35,40-41,54H,7-8,11-12,17-26,28,51H2,1H3,(H2,52,61)(H,53,55)(H,56,60,62)/t29?,32?,33?,35?,40-,41?/m0/s1. The van der Waals surface area contributed by atoms with E-state index in [1.54, 1.807) is 36.4 Å². The number of para-hydroxylation sites is 1. The van der Waals surface area contributed by atoms with Gasteiger partial charge in [0.25, 0.3) is 17.7 Å². The van der Waals surface area contributed by atoms with Crippen LogP contribution in [0.1, 0.15) is 96.9 Å². The summed E-state index contributed by atoms with van der Waals surface area (Å²) in [5.74, 6) is 0.248. The van der Waals surface area contributed by atoms with Crippen molar-refractivity contribution in [2.75, 3.05) is 38.5 Å². The van der Waals surface area contributed by atoms with Crippen LogP contribution in [-0.4, -0.2) is 113 Å². The van der Waals surface area contributed by atoms with Crippen LogP contribution in [0.2, 0.25) is 0 Å². The summed E-state index contributed by atoms with van der Waals surface area (Å²) in [5, 5.41) is 9.08. The van der Waals surface area contributed by atoms with Gasteiger partial charge in [0.05, 0.1) is 22.9 Å². The molecule has 2 atom stereocenters. The van der Waals surface area contributed by atoms with Crippen LogP contribution in [0.25, 0.3) is 5.70 Å². The van der Waals surface area contributed by atoms with Crippen LogP contribution in [0.4, 0.5) is 5.69 Å². The number of anilines is 1. The average molecular weight is 898 g/mol. The molecule has 0 aromatic heterocycles. The molecular formula is C50H59N9O7. The summed E-state index contributed by atoms with van der Waals surface area (Å²) in [5.41, 5.74) is 14.9. The van der Waals surface area contributed by atoms with E-state index in [2.05, 4.69) is 27.9 Å². The summed E-state index contributed by atoms with van der Waals surface area (Å²) in [6, 6.07) is 21.5. The molecule has 1 unspecified atom stereocenters. The number of rotatable bonds is 13. The van der Waals surface area contributed by atoms with E-state index in [-0.39, 0.29) is 65.1 Å². The number of hydrogen-bond donors (Lipinski definition) is 5. The van der Waals surface area contributed by atoms with E-state index in [1.165, 1.54) is 0 Å². The lowest BCUT2D eigenvalue weighted by atomic mass is 9.77. The first-order valence-corrected chi connectivity index (χ1v) is 23.5. The third-order valence-corrected chi connectivity index (χ3v) is 14.6. The fourth-order valence-electron chi connectivity index (χ4n) is 10.7. The second-order valence-electron chi connectivity index (χ2n) is 18.8. The van der Waals surface area contributed by atoms with Crippen molar-refractivity contribution < 1.29 is 33.5 Å². The molecule has 2 saturated carbocycles. The quantitative estimate of drug-likeness (QED) is 0.119. The molecule has 7 N–H and O–H groups in total. The number of fused-ring (bicyclic) bond motifs is 1. The van der Waals surface area contributed by atoms with Crippen molar-refractivity contribution in [1.82, 2.24) is 25.3 Å². The first-order valence-electron chi connectivity index (χ1n) is 23.5. The lowest BCUT2D eigenvalue weighted by molar-refractivity contribution is -0.142. The van der Waals surface area contributed by atoms with Gasteiger partial charge in [-0.1, -0.05) is 18.2 Å². The number of benzene rings is 3. The van der Waals surface area contributed by atoms with Crippen LogP contribution in [0.15, 0.2) is 83.4 Å². The second-order valence-corrected chi connectivity index (χ2v) is 18.8. The zero-order valence-corrected chi connectivity index (χ0v) is 37.4. The Labute approximate surface area is 384 Å². The van der Waals surface area contributed by atoms with Crippen LogP contribution in [0.3, 0.4) is 0 Å². The van der Waals surface area contributed by atoms with Gasteiger partial charge in [-0.25, -0.2) is 0 Å². The Morgan fingerprint density at radius 1 is 0.833 bits per heavy atom. The largest absolute Gasteiger partial charge is 0.457 e. The summed E-state index contributed by atoms with van der Waals surface area (Å²) in [6.45, 7) is 3.03. The first-order chi connectivity index (χ1) is 31.9. The smallest absolute Gasteiger partial charge is 0.262 e. The van der Waals surface area contributed by atoms with E-state index in [9.17, 15) is 28.8 Å². The number of likely N-dealkylation sites (tertiary alicyclic amines) is 1. The number of nitrogens with two attached hydrogens (primary N) is 2. The fraction of sp³-hybridized carbons (Fsp3) is 0.460. The van der Waals surface area contributed by atoms with Gasteiger partial charge < -0.3 is 36.6 Å². The van der Waals surface area contributed by atoms with Crippen LogP contribution >= 0.6 is 0 Å². The number of ether oxygens (including phenoxy) is 1. The molecule has 346 valence electrons. The Balaban J connectivity index is 0.706. The molecule has 6 aliphatic rings. The Bertz CT molecular complexity index is 2430. The Morgan fingerprint density at radius 3 is 2.23 bits per heavy atom. The highest BCUT2D eigenvalue weighted by Crippen LogP contribution is 2.37. The minimum Gasteiger partial charge on any atom is -0.457 e. The van der Waals surface area contributed by atoms with E-state index in [4.69, 9.17) is 21.2 Å². The van der Waals surface area contributed by atoms with E-state index in [1.807, 2.05) is 41.3 Å². The maximum absolute atomic E-state index is 13.7. The monoisotopic (exact) mass is 897 g/mol.